The van der Waals surface area contributed by atoms with Crippen molar-refractivity contribution < 1.29 is 31.8 Å². The summed E-state index contributed by atoms with van der Waals surface area (Å²) in [6.45, 7) is 1.15. The smallest absolute Gasteiger partial charge is 0.425 e. The van der Waals surface area contributed by atoms with E-state index in [1.165, 1.54) is 23.9 Å². The van der Waals surface area contributed by atoms with Gasteiger partial charge in [0, 0.05) is 25.2 Å². The Morgan fingerprint density at radius 2 is 2.00 bits per heavy atom. The van der Waals surface area contributed by atoms with Gasteiger partial charge < -0.3 is 14.8 Å². The summed E-state index contributed by atoms with van der Waals surface area (Å²) in [6, 6.07) is 2.90. The minimum atomic E-state index is -4.79. The molecular weight excluding hydrogens is 534 g/mol. The van der Waals surface area contributed by atoms with E-state index in [2.05, 4.69) is 15.4 Å². The van der Waals surface area contributed by atoms with E-state index < -0.39 is 46.7 Å². The standard InChI is InChI=1S/C24H22ClF4N5O4/c1-12(24(27,28)29)38-17-10-16(34-22(36)33-8-6-23(4-5-23)11-18(33)32-34)15(26)9-13(17)20(35)31-19-14(25)3-7-30-21(19)37-2/h3,7,9-10,12H,4-6,8,11H2,1-2H3,(H,31,35)/t12-/m0/s1. The van der Waals surface area contributed by atoms with Crippen LogP contribution >= 0.6 is 11.6 Å². The zero-order valence-electron chi connectivity index (χ0n) is 20.2. The number of benzene rings is 1. The zero-order chi connectivity index (χ0) is 27.4. The number of hydrogen-bond acceptors (Lipinski definition) is 6. The van der Waals surface area contributed by atoms with Crippen LogP contribution in [0.15, 0.2) is 29.2 Å². The van der Waals surface area contributed by atoms with Crippen molar-refractivity contribution in [1.29, 1.82) is 0 Å². The Morgan fingerprint density at radius 3 is 2.66 bits per heavy atom. The molecule has 1 aliphatic heterocycles. The molecule has 0 saturated heterocycles. The highest BCUT2D eigenvalue weighted by molar-refractivity contribution is 6.34. The Hall–Kier alpha value is -3.61. The fraction of sp³-hybridized carbons (Fsp3) is 0.417. The lowest BCUT2D eigenvalue weighted by Crippen LogP contribution is -2.32. The van der Waals surface area contributed by atoms with Crippen molar-refractivity contribution in [3.8, 4) is 17.3 Å². The van der Waals surface area contributed by atoms with Gasteiger partial charge in [0.25, 0.3) is 5.91 Å². The number of ether oxygens (including phenoxy) is 2. The summed E-state index contributed by atoms with van der Waals surface area (Å²) in [5, 5.41) is 6.67. The number of nitrogens with one attached hydrogen (secondary N) is 1. The summed E-state index contributed by atoms with van der Waals surface area (Å²) in [7, 11) is 1.27. The molecule has 2 aromatic heterocycles. The molecule has 0 bridgehead atoms. The molecule has 1 spiro atoms. The van der Waals surface area contributed by atoms with Crippen molar-refractivity contribution in [2.24, 2.45) is 5.41 Å². The van der Waals surface area contributed by atoms with Crippen LogP contribution in [-0.2, 0) is 13.0 Å². The van der Waals surface area contributed by atoms with E-state index in [1.54, 1.807) is 0 Å². The van der Waals surface area contributed by atoms with Crippen LogP contribution in [0.25, 0.3) is 5.69 Å². The first-order chi connectivity index (χ1) is 17.9. The fourth-order valence-electron chi connectivity index (χ4n) is 4.43. The molecular formula is C24H22ClF4N5O4. The first kappa shape index (κ1) is 26.0. The molecule has 2 aliphatic rings. The number of carbonyl (C=O) groups is 1. The van der Waals surface area contributed by atoms with Crippen LogP contribution in [0.2, 0.25) is 5.02 Å². The zero-order valence-corrected chi connectivity index (χ0v) is 21.0. The molecule has 3 aromatic rings. The normalized spacial score (nSPS) is 16.6. The van der Waals surface area contributed by atoms with Gasteiger partial charge in [-0.1, -0.05) is 11.6 Å². The number of halogens is 5. The first-order valence-electron chi connectivity index (χ1n) is 11.7. The molecule has 5 rings (SSSR count). The van der Waals surface area contributed by atoms with Crippen LogP contribution < -0.4 is 20.5 Å². The second-order valence-electron chi connectivity index (χ2n) is 9.42. The van der Waals surface area contributed by atoms with E-state index in [4.69, 9.17) is 21.1 Å². The monoisotopic (exact) mass is 555 g/mol. The van der Waals surface area contributed by atoms with Gasteiger partial charge in [-0.3, -0.25) is 9.36 Å². The number of anilines is 1. The maximum absolute atomic E-state index is 15.4. The maximum atomic E-state index is 15.4. The van der Waals surface area contributed by atoms with Gasteiger partial charge in [-0.05, 0) is 43.7 Å². The van der Waals surface area contributed by atoms with Crippen molar-refractivity contribution in [2.75, 3.05) is 12.4 Å². The molecule has 9 nitrogen and oxygen atoms in total. The van der Waals surface area contributed by atoms with Gasteiger partial charge in [0.05, 0.1) is 17.7 Å². The Balaban J connectivity index is 1.57. The van der Waals surface area contributed by atoms with Gasteiger partial charge in [-0.2, -0.15) is 17.9 Å². The van der Waals surface area contributed by atoms with Crippen molar-refractivity contribution in [2.45, 2.75) is 51.4 Å². The molecule has 1 atom stereocenters. The van der Waals surface area contributed by atoms with E-state index in [0.29, 0.717) is 24.9 Å². The van der Waals surface area contributed by atoms with Crippen LogP contribution in [0.1, 0.15) is 42.4 Å². The van der Waals surface area contributed by atoms with Crippen LogP contribution in [0.5, 0.6) is 11.6 Å². The van der Waals surface area contributed by atoms with Gasteiger partial charge in [0.15, 0.2) is 6.10 Å². The fourth-order valence-corrected chi connectivity index (χ4v) is 4.62. The van der Waals surface area contributed by atoms with Gasteiger partial charge >= 0.3 is 11.9 Å². The summed E-state index contributed by atoms with van der Waals surface area (Å²) in [4.78, 5) is 30.1. The Labute approximate surface area is 218 Å². The number of methoxy groups -OCH3 is 1. The van der Waals surface area contributed by atoms with Crippen molar-refractivity contribution in [1.82, 2.24) is 19.3 Å². The quantitative estimate of drug-likeness (QED) is 0.448. The number of fused-ring (bicyclic) bond motifs is 1. The Bertz CT molecular complexity index is 1480. The second kappa shape index (κ2) is 9.29. The number of hydrogen-bond donors (Lipinski definition) is 1. The lowest BCUT2D eigenvalue weighted by atomic mass is 9.95. The van der Waals surface area contributed by atoms with Crippen LogP contribution in [0.4, 0.5) is 23.2 Å². The number of pyridine rings is 1. The Morgan fingerprint density at radius 1 is 1.26 bits per heavy atom. The topological polar surface area (TPSA) is 100 Å². The minimum absolute atomic E-state index is 0.0250. The third kappa shape index (κ3) is 4.70. The molecule has 1 saturated carbocycles. The molecule has 1 amide bonds. The molecule has 202 valence electrons. The molecule has 3 heterocycles. The van der Waals surface area contributed by atoms with Crippen molar-refractivity contribution in [3.63, 3.8) is 0 Å². The Kier molecular flexibility index (Phi) is 6.36. The third-order valence-corrected chi connectivity index (χ3v) is 7.19. The number of nitrogens with zero attached hydrogens (tertiary/aromatic N) is 4. The molecule has 1 aromatic carbocycles. The molecule has 38 heavy (non-hydrogen) atoms. The highest BCUT2D eigenvalue weighted by Crippen LogP contribution is 2.53. The van der Waals surface area contributed by atoms with E-state index in [9.17, 15) is 22.8 Å². The summed E-state index contributed by atoms with van der Waals surface area (Å²) in [5.41, 5.74) is -1.61. The van der Waals surface area contributed by atoms with Crippen molar-refractivity contribution >= 4 is 23.2 Å². The molecule has 0 unspecified atom stereocenters. The van der Waals surface area contributed by atoms with Crippen LogP contribution in [0.3, 0.4) is 0 Å². The number of carbonyl (C=O) groups excluding carboxylic acids is 1. The van der Waals surface area contributed by atoms with Crippen LogP contribution in [-0.4, -0.2) is 44.6 Å². The van der Waals surface area contributed by atoms with Crippen molar-refractivity contribution in [3.05, 3.63) is 57.1 Å². The van der Waals surface area contributed by atoms with Gasteiger partial charge in [-0.25, -0.2) is 14.2 Å². The number of amides is 1. The van der Waals surface area contributed by atoms with Gasteiger partial charge in [0.1, 0.15) is 28.8 Å². The van der Waals surface area contributed by atoms with Gasteiger partial charge in [0.2, 0.25) is 5.88 Å². The van der Waals surface area contributed by atoms with Crippen LogP contribution in [0, 0.1) is 11.2 Å². The average Bonchev–Trinajstić information content (AvgIpc) is 3.53. The summed E-state index contributed by atoms with van der Waals surface area (Å²) in [5.74, 6) is -2.31. The van der Waals surface area contributed by atoms with E-state index in [-0.39, 0.29) is 22.0 Å². The molecule has 1 N–H and O–H groups in total. The highest BCUT2D eigenvalue weighted by atomic mass is 35.5. The average molecular weight is 556 g/mol. The second-order valence-corrected chi connectivity index (χ2v) is 9.83. The number of rotatable bonds is 6. The number of alkyl halides is 3. The lowest BCUT2D eigenvalue weighted by molar-refractivity contribution is -0.189. The largest absolute Gasteiger partial charge is 0.480 e. The van der Waals surface area contributed by atoms with E-state index in [1.807, 2.05) is 0 Å². The summed E-state index contributed by atoms with van der Waals surface area (Å²) in [6.07, 6.45) is -2.44. The molecule has 14 heteroatoms. The van der Waals surface area contributed by atoms with E-state index in [0.717, 1.165) is 36.9 Å². The third-order valence-electron chi connectivity index (χ3n) is 6.88. The SMILES string of the molecule is COc1nccc(Cl)c1NC(=O)c1cc(F)c(-n2nc3n(c2=O)CCC2(CC2)C3)cc1O[C@@H](C)C(F)(F)F. The van der Waals surface area contributed by atoms with E-state index >= 15 is 4.39 Å². The minimum Gasteiger partial charge on any atom is -0.480 e. The predicted molar refractivity (Wildman–Crippen MR) is 128 cm³/mol. The summed E-state index contributed by atoms with van der Waals surface area (Å²) >= 11 is 6.11. The molecule has 0 radical (unpaired) electrons. The predicted octanol–water partition coefficient (Wildman–Crippen LogP) is 4.54. The van der Waals surface area contributed by atoms with Gasteiger partial charge in [-0.15, -0.1) is 5.10 Å². The lowest BCUT2D eigenvalue weighted by Gasteiger charge is -2.20. The highest BCUT2D eigenvalue weighted by Gasteiger charge is 2.46. The molecule has 1 aliphatic carbocycles. The molecule has 1 fully saturated rings. The maximum Gasteiger partial charge on any atom is 0.425 e. The first-order valence-corrected chi connectivity index (χ1v) is 12.1. The number of aromatic nitrogens is 4. The summed E-state index contributed by atoms with van der Waals surface area (Å²) < 4.78 is 67.8.